The van der Waals surface area contributed by atoms with Crippen LogP contribution in [-0.4, -0.2) is 24.1 Å². The molecule has 0 spiro atoms. The number of rotatable bonds is 6. The average Bonchev–Trinajstić information content (AvgIpc) is 2.60. The Labute approximate surface area is 134 Å². The molecule has 0 saturated heterocycles. The second kappa shape index (κ2) is 7.95. The molecule has 2 aromatic rings. The zero-order valence-electron chi connectivity index (χ0n) is 12.7. The first-order valence-corrected chi connectivity index (χ1v) is 7.05. The van der Waals surface area contributed by atoms with E-state index < -0.39 is 5.91 Å². The van der Waals surface area contributed by atoms with Crippen molar-refractivity contribution in [1.82, 2.24) is 10.8 Å². The number of hydroxylamine groups is 1. The second-order valence-electron chi connectivity index (χ2n) is 4.94. The molecule has 0 bridgehead atoms. The lowest BCUT2D eigenvalue weighted by atomic mass is 10.1. The average molecular weight is 314 g/mol. The summed E-state index contributed by atoms with van der Waals surface area (Å²) in [5.74, 6) is 0.0436. The zero-order valence-corrected chi connectivity index (χ0v) is 12.7. The molecule has 6 heteroatoms. The van der Waals surface area contributed by atoms with E-state index in [0.29, 0.717) is 17.9 Å². The predicted octanol–water partition coefficient (Wildman–Crippen LogP) is 1.67. The van der Waals surface area contributed by atoms with Crippen LogP contribution in [0, 0.1) is 0 Å². The van der Waals surface area contributed by atoms with E-state index in [2.05, 4.69) is 5.32 Å². The Morgan fingerprint density at radius 2 is 1.83 bits per heavy atom. The van der Waals surface area contributed by atoms with Crippen LogP contribution in [0.15, 0.2) is 48.5 Å². The molecule has 0 saturated carbocycles. The highest BCUT2D eigenvalue weighted by Crippen LogP contribution is 2.13. The standard InChI is InChI=1S/C17H18N2O4/c1-23-15-4-2-3-13(9-15)10-16(20)18-11-12-5-7-14(8-6-12)17(21)19-22/h2-9,22H,10-11H2,1H3,(H,18,20)(H,19,21). The van der Waals surface area contributed by atoms with E-state index in [-0.39, 0.29) is 12.3 Å². The zero-order chi connectivity index (χ0) is 16.7. The van der Waals surface area contributed by atoms with E-state index in [0.717, 1.165) is 11.1 Å². The highest BCUT2D eigenvalue weighted by atomic mass is 16.5. The van der Waals surface area contributed by atoms with Gasteiger partial charge in [-0.2, -0.15) is 0 Å². The predicted molar refractivity (Wildman–Crippen MR) is 84.2 cm³/mol. The van der Waals surface area contributed by atoms with Crippen molar-refractivity contribution in [1.29, 1.82) is 0 Å². The molecule has 6 nitrogen and oxygen atoms in total. The van der Waals surface area contributed by atoms with Crippen LogP contribution in [0.2, 0.25) is 0 Å². The van der Waals surface area contributed by atoms with Crippen molar-refractivity contribution in [3.8, 4) is 5.75 Å². The Morgan fingerprint density at radius 1 is 1.09 bits per heavy atom. The van der Waals surface area contributed by atoms with Crippen LogP contribution in [0.4, 0.5) is 0 Å². The molecule has 0 radical (unpaired) electrons. The normalized spacial score (nSPS) is 10.0. The third kappa shape index (κ3) is 4.82. The molecule has 0 aliphatic carbocycles. The van der Waals surface area contributed by atoms with Gasteiger partial charge in [-0.1, -0.05) is 24.3 Å². The summed E-state index contributed by atoms with van der Waals surface area (Å²) < 4.78 is 5.12. The number of nitrogens with one attached hydrogen (secondary N) is 2. The summed E-state index contributed by atoms with van der Waals surface area (Å²) in [4.78, 5) is 23.2. The molecular formula is C17H18N2O4. The molecule has 2 amide bonds. The van der Waals surface area contributed by atoms with Gasteiger partial charge in [-0.15, -0.1) is 0 Å². The largest absolute Gasteiger partial charge is 0.497 e. The molecule has 0 aliphatic heterocycles. The third-order valence-corrected chi connectivity index (χ3v) is 3.31. The lowest BCUT2D eigenvalue weighted by Gasteiger charge is -2.07. The Kier molecular flexibility index (Phi) is 5.71. The Bertz CT molecular complexity index is 683. The summed E-state index contributed by atoms with van der Waals surface area (Å²) in [5.41, 5.74) is 3.65. The van der Waals surface area contributed by atoms with E-state index in [1.807, 2.05) is 24.3 Å². The third-order valence-electron chi connectivity index (χ3n) is 3.31. The van der Waals surface area contributed by atoms with Gasteiger partial charge in [-0.3, -0.25) is 14.8 Å². The number of carbonyl (C=O) groups excluding carboxylic acids is 2. The Hall–Kier alpha value is -2.86. The monoisotopic (exact) mass is 314 g/mol. The fourth-order valence-corrected chi connectivity index (χ4v) is 2.07. The molecule has 0 fully saturated rings. The minimum atomic E-state index is -0.571. The van der Waals surface area contributed by atoms with E-state index >= 15 is 0 Å². The second-order valence-corrected chi connectivity index (χ2v) is 4.94. The molecule has 2 aromatic carbocycles. The van der Waals surface area contributed by atoms with Gasteiger partial charge >= 0.3 is 0 Å². The number of carbonyl (C=O) groups is 2. The van der Waals surface area contributed by atoms with Gasteiger partial charge in [0.2, 0.25) is 5.91 Å². The highest BCUT2D eigenvalue weighted by molar-refractivity contribution is 5.93. The summed E-state index contributed by atoms with van der Waals surface area (Å²) in [6, 6.07) is 13.9. The quantitative estimate of drug-likeness (QED) is 0.559. The molecule has 120 valence electrons. The maximum absolute atomic E-state index is 12.0. The number of ether oxygens (including phenoxy) is 1. The number of hydrogen-bond donors (Lipinski definition) is 3. The summed E-state index contributed by atoms with van der Waals surface area (Å²) in [5, 5.41) is 11.4. The Morgan fingerprint density at radius 3 is 2.48 bits per heavy atom. The fraction of sp³-hybridized carbons (Fsp3) is 0.176. The van der Waals surface area contributed by atoms with Crippen molar-refractivity contribution in [2.24, 2.45) is 0 Å². The van der Waals surface area contributed by atoms with Gasteiger partial charge in [0, 0.05) is 12.1 Å². The maximum atomic E-state index is 12.0. The molecule has 0 heterocycles. The molecular weight excluding hydrogens is 296 g/mol. The van der Waals surface area contributed by atoms with Gasteiger partial charge in [0.1, 0.15) is 5.75 Å². The first kappa shape index (κ1) is 16.5. The van der Waals surface area contributed by atoms with E-state index in [1.54, 1.807) is 36.9 Å². The summed E-state index contributed by atoms with van der Waals surface area (Å²) in [6.45, 7) is 0.365. The van der Waals surface area contributed by atoms with Crippen molar-refractivity contribution in [2.75, 3.05) is 7.11 Å². The van der Waals surface area contributed by atoms with E-state index in [4.69, 9.17) is 9.94 Å². The molecule has 23 heavy (non-hydrogen) atoms. The number of methoxy groups -OCH3 is 1. The lowest BCUT2D eigenvalue weighted by Crippen LogP contribution is -2.24. The first-order chi connectivity index (χ1) is 11.1. The van der Waals surface area contributed by atoms with Crippen LogP contribution in [0.3, 0.4) is 0 Å². The van der Waals surface area contributed by atoms with Crippen LogP contribution in [0.1, 0.15) is 21.5 Å². The van der Waals surface area contributed by atoms with Crippen LogP contribution in [0.25, 0.3) is 0 Å². The van der Waals surface area contributed by atoms with Gasteiger partial charge < -0.3 is 10.1 Å². The van der Waals surface area contributed by atoms with Gasteiger partial charge in [0.15, 0.2) is 0 Å². The summed E-state index contributed by atoms with van der Waals surface area (Å²) in [6.07, 6.45) is 0.266. The lowest BCUT2D eigenvalue weighted by molar-refractivity contribution is -0.120. The topological polar surface area (TPSA) is 87.7 Å². The number of amides is 2. The molecule has 0 atom stereocenters. The van der Waals surface area contributed by atoms with Crippen molar-refractivity contribution in [3.63, 3.8) is 0 Å². The maximum Gasteiger partial charge on any atom is 0.274 e. The molecule has 0 aliphatic rings. The van der Waals surface area contributed by atoms with E-state index in [1.165, 1.54) is 0 Å². The minimum Gasteiger partial charge on any atom is -0.497 e. The Balaban J connectivity index is 1.87. The first-order valence-electron chi connectivity index (χ1n) is 7.05. The van der Waals surface area contributed by atoms with Crippen molar-refractivity contribution in [3.05, 3.63) is 65.2 Å². The van der Waals surface area contributed by atoms with Gasteiger partial charge in [-0.05, 0) is 35.4 Å². The number of hydrogen-bond acceptors (Lipinski definition) is 4. The van der Waals surface area contributed by atoms with Crippen LogP contribution in [0.5, 0.6) is 5.75 Å². The van der Waals surface area contributed by atoms with Crippen LogP contribution >= 0.6 is 0 Å². The van der Waals surface area contributed by atoms with Gasteiger partial charge in [-0.25, -0.2) is 5.48 Å². The fourth-order valence-electron chi connectivity index (χ4n) is 2.07. The van der Waals surface area contributed by atoms with Crippen LogP contribution in [-0.2, 0) is 17.8 Å². The van der Waals surface area contributed by atoms with E-state index in [9.17, 15) is 9.59 Å². The minimum absolute atomic E-state index is 0.101. The molecule has 0 unspecified atom stereocenters. The molecule has 2 rings (SSSR count). The molecule has 0 aromatic heterocycles. The summed E-state index contributed by atoms with van der Waals surface area (Å²) >= 11 is 0. The van der Waals surface area contributed by atoms with Crippen LogP contribution < -0.4 is 15.5 Å². The van der Waals surface area contributed by atoms with Gasteiger partial charge in [0.05, 0.1) is 13.5 Å². The van der Waals surface area contributed by atoms with Gasteiger partial charge in [0.25, 0.3) is 5.91 Å². The van der Waals surface area contributed by atoms with Crippen molar-refractivity contribution >= 4 is 11.8 Å². The SMILES string of the molecule is COc1cccc(CC(=O)NCc2ccc(C(=O)NO)cc2)c1. The van der Waals surface area contributed by atoms with Crippen molar-refractivity contribution in [2.45, 2.75) is 13.0 Å². The molecule has 3 N–H and O–H groups in total. The number of benzene rings is 2. The summed E-state index contributed by atoms with van der Waals surface area (Å²) in [7, 11) is 1.58. The highest BCUT2D eigenvalue weighted by Gasteiger charge is 2.06. The van der Waals surface area contributed by atoms with Crippen molar-refractivity contribution < 1.29 is 19.5 Å². The smallest absolute Gasteiger partial charge is 0.274 e.